The fraction of sp³-hybridized carbons (Fsp3) is 0.545. The maximum absolute atomic E-state index is 10.7. The molecule has 14 heavy (non-hydrogen) atoms. The van der Waals surface area contributed by atoms with Crippen molar-refractivity contribution in [3.05, 3.63) is 21.4 Å². The molecular weight excluding hydrogens is 196 g/mol. The first-order chi connectivity index (χ1) is 6.84. The molecule has 2 heterocycles. The van der Waals surface area contributed by atoms with Crippen molar-refractivity contribution in [3.8, 4) is 0 Å². The number of rotatable bonds is 1. The number of thiophene rings is 1. The summed E-state index contributed by atoms with van der Waals surface area (Å²) < 4.78 is 5.33. The average molecular weight is 208 g/mol. The lowest BCUT2D eigenvalue weighted by molar-refractivity contribution is -0.0662. The van der Waals surface area contributed by atoms with Crippen molar-refractivity contribution in [1.82, 2.24) is 0 Å². The molecule has 74 valence electrons. The SMILES string of the molecule is O=Cc1cc2c(s1)C1(CCC2)COC1. The van der Waals surface area contributed by atoms with E-state index in [4.69, 9.17) is 4.74 Å². The summed E-state index contributed by atoms with van der Waals surface area (Å²) in [4.78, 5) is 13.0. The van der Waals surface area contributed by atoms with Gasteiger partial charge in [0.1, 0.15) is 0 Å². The van der Waals surface area contributed by atoms with Gasteiger partial charge in [0, 0.05) is 4.88 Å². The molecule has 3 rings (SSSR count). The van der Waals surface area contributed by atoms with Crippen LogP contribution in [-0.2, 0) is 16.6 Å². The van der Waals surface area contributed by atoms with Gasteiger partial charge in [0.2, 0.25) is 0 Å². The third-order valence-corrected chi connectivity index (χ3v) is 4.63. The molecule has 1 aromatic heterocycles. The lowest BCUT2D eigenvalue weighted by atomic mass is 9.73. The van der Waals surface area contributed by atoms with Gasteiger partial charge in [0.15, 0.2) is 6.29 Å². The topological polar surface area (TPSA) is 26.3 Å². The molecular formula is C11H12O2S. The van der Waals surface area contributed by atoms with Crippen LogP contribution in [0.4, 0.5) is 0 Å². The Morgan fingerprint density at radius 3 is 3.00 bits per heavy atom. The first kappa shape index (κ1) is 8.62. The molecule has 1 aliphatic heterocycles. The summed E-state index contributed by atoms with van der Waals surface area (Å²) in [5.41, 5.74) is 1.69. The van der Waals surface area contributed by atoms with Gasteiger partial charge in [-0.1, -0.05) is 0 Å². The first-order valence-electron chi connectivity index (χ1n) is 5.00. The van der Waals surface area contributed by atoms with Crippen molar-refractivity contribution in [2.75, 3.05) is 13.2 Å². The van der Waals surface area contributed by atoms with Crippen LogP contribution in [0.25, 0.3) is 0 Å². The molecule has 0 radical (unpaired) electrons. The van der Waals surface area contributed by atoms with Crippen LogP contribution in [0.15, 0.2) is 6.07 Å². The Hall–Kier alpha value is -0.670. The molecule has 2 aliphatic rings. The van der Waals surface area contributed by atoms with Crippen molar-refractivity contribution >= 4 is 17.6 Å². The Kier molecular flexibility index (Phi) is 1.79. The smallest absolute Gasteiger partial charge is 0.160 e. The lowest BCUT2D eigenvalue weighted by Crippen LogP contribution is -2.48. The third-order valence-electron chi connectivity index (χ3n) is 3.28. The second-order valence-corrected chi connectivity index (χ2v) is 5.33. The van der Waals surface area contributed by atoms with Crippen LogP contribution >= 0.6 is 11.3 Å². The van der Waals surface area contributed by atoms with Crippen LogP contribution in [-0.4, -0.2) is 19.5 Å². The summed E-state index contributed by atoms with van der Waals surface area (Å²) in [6, 6.07) is 2.06. The van der Waals surface area contributed by atoms with Crippen LogP contribution in [0.3, 0.4) is 0 Å². The number of carbonyl (C=O) groups excluding carboxylic acids is 1. The van der Waals surface area contributed by atoms with Crippen LogP contribution < -0.4 is 0 Å². The van der Waals surface area contributed by atoms with Crippen molar-refractivity contribution in [1.29, 1.82) is 0 Å². The summed E-state index contributed by atoms with van der Waals surface area (Å²) >= 11 is 1.67. The molecule has 0 bridgehead atoms. The summed E-state index contributed by atoms with van der Waals surface area (Å²) in [7, 11) is 0. The zero-order chi connectivity index (χ0) is 9.60. The van der Waals surface area contributed by atoms with E-state index >= 15 is 0 Å². The second kappa shape index (κ2) is 2.91. The van der Waals surface area contributed by atoms with E-state index in [0.717, 1.165) is 30.8 Å². The van der Waals surface area contributed by atoms with E-state index in [9.17, 15) is 4.79 Å². The van der Waals surface area contributed by atoms with E-state index in [-0.39, 0.29) is 0 Å². The minimum atomic E-state index is 0.291. The highest BCUT2D eigenvalue weighted by atomic mass is 32.1. The number of aryl methyl sites for hydroxylation is 1. The number of hydrogen-bond acceptors (Lipinski definition) is 3. The Labute approximate surface area is 86.9 Å². The highest BCUT2D eigenvalue weighted by Crippen LogP contribution is 2.46. The van der Waals surface area contributed by atoms with E-state index < -0.39 is 0 Å². The Balaban J connectivity index is 2.09. The largest absolute Gasteiger partial charge is 0.379 e. The van der Waals surface area contributed by atoms with E-state index in [1.54, 1.807) is 11.3 Å². The summed E-state index contributed by atoms with van der Waals surface area (Å²) in [6.07, 6.45) is 4.59. The molecule has 0 aromatic carbocycles. The summed E-state index contributed by atoms with van der Waals surface area (Å²) in [5, 5.41) is 0. The normalized spacial score (nSPS) is 22.9. The van der Waals surface area contributed by atoms with Gasteiger partial charge in [-0.25, -0.2) is 0 Å². The predicted molar refractivity (Wildman–Crippen MR) is 55.1 cm³/mol. The van der Waals surface area contributed by atoms with Crippen molar-refractivity contribution < 1.29 is 9.53 Å². The van der Waals surface area contributed by atoms with Gasteiger partial charge in [-0.05, 0) is 30.9 Å². The molecule has 1 fully saturated rings. The lowest BCUT2D eigenvalue weighted by Gasteiger charge is -2.44. The molecule has 1 aromatic rings. The monoisotopic (exact) mass is 208 g/mol. The van der Waals surface area contributed by atoms with Gasteiger partial charge in [-0.15, -0.1) is 11.3 Å². The molecule has 1 aliphatic carbocycles. The van der Waals surface area contributed by atoms with Crippen molar-refractivity contribution in [2.45, 2.75) is 24.7 Å². The molecule has 1 spiro atoms. The highest BCUT2D eigenvalue weighted by Gasteiger charge is 2.44. The van der Waals surface area contributed by atoms with Gasteiger partial charge in [-0.3, -0.25) is 4.79 Å². The van der Waals surface area contributed by atoms with Crippen LogP contribution in [0, 0.1) is 0 Å². The zero-order valence-electron chi connectivity index (χ0n) is 7.91. The van der Waals surface area contributed by atoms with Crippen LogP contribution in [0.2, 0.25) is 0 Å². The molecule has 2 nitrogen and oxygen atoms in total. The average Bonchev–Trinajstić information content (AvgIpc) is 2.57. The molecule has 0 atom stereocenters. The number of hydrogen-bond donors (Lipinski definition) is 0. The highest BCUT2D eigenvalue weighted by molar-refractivity contribution is 7.14. The van der Waals surface area contributed by atoms with Gasteiger partial charge in [0.05, 0.1) is 23.5 Å². The number of ether oxygens (including phenoxy) is 1. The van der Waals surface area contributed by atoms with Crippen LogP contribution in [0.5, 0.6) is 0 Å². The minimum Gasteiger partial charge on any atom is -0.379 e. The summed E-state index contributed by atoms with van der Waals surface area (Å²) in [6.45, 7) is 1.72. The quantitative estimate of drug-likeness (QED) is 0.661. The van der Waals surface area contributed by atoms with Gasteiger partial charge in [0.25, 0.3) is 0 Å². The van der Waals surface area contributed by atoms with E-state index in [1.807, 2.05) is 0 Å². The Bertz CT molecular complexity index is 377. The second-order valence-electron chi connectivity index (χ2n) is 4.25. The number of aldehydes is 1. The van der Waals surface area contributed by atoms with Gasteiger partial charge < -0.3 is 4.74 Å². The molecule has 0 unspecified atom stereocenters. The van der Waals surface area contributed by atoms with Crippen molar-refractivity contribution in [2.24, 2.45) is 0 Å². The predicted octanol–water partition coefficient (Wildman–Crippen LogP) is 2.16. The number of carbonyl (C=O) groups is 1. The zero-order valence-corrected chi connectivity index (χ0v) is 8.73. The molecule has 1 saturated heterocycles. The Morgan fingerprint density at radius 2 is 2.36 bits per heavy atom. The van der Waals surface area contributed by atoms with Gasteiger partial charge >= 0.3 is 0 Å². The number of fused-ring (bicyclic) bond motifs is 2. The van der Waals surface area contributed by atoms with E-state index in [0.29, 0.717) is 5.41 Å². The molecule has 0 amide bonds. The fourth-order valence-corrected chi connectivity index (χ4v) is 3.71. The third kappa shape index (κ3) is 1.03. The maximum Gasteiger partial charge on any atom is 0.160 e. The molecule has 3 heteroatoms. The standard InChI is InChI=1S/C11H12O2S/c12-5-9-4-8-2-1-3-11(6-13-7-11)10(8)14-9/h4-5H,1-3,6-7H2. The van der Waals surface area contributed by atoms with Crippen molar-refractivity contribution in [3.63, 3.8) is 0 Å². The van der Waals surface area contributed by atoms with Crippen LogP contribution in [0.1, 0.15) is 33.0 Å². The maximum atomic E-state index is 10.7. The Morgan fingerprint density at radius 1 is 1.50 bits per heavy atom. The molecule has 0 saturated carbocycles. The molecule has 0 N–H and O–H groups in total. The first-order valence-corrected chi connectivity index (χ1v) is 5.82. The summed E-state index contributed by atoms with van der Waals surface area (Å²) in [5.74, 6) is 0. The fourth-order valence-electron chi connectivity index (χ4n) is 2.50. The van der Waals surface area contributed by atoms with E-state index in [1.165, 1.54) is 23.3 Å². The minimum absolute atomic E-state index is 0.291. The van der Waals surface area contributed by atoms with Gasteiger partial charge in [-0.2, -0.15) is 0 Å². The van der Waals surface area contributed by atoms with E-state index in [2.05, 4.69) is 6.07 Å².